The first-order chi connectivity index (χ1) is 13.5. The van der Waals surface area contributed by atoms with Gasteiger partial charge in [-0.25, -0.2) is 0 Å². The molecule has 2 heterocycles. The number of ether oxygens (including phenoxy) is 2. The largest absolute Gasteiger partial charge is 0.494 e. The molecule has 7 heteroatoms. The molecule has 1 aliphatic rings. The van der Waals surface area contributed by atoms with E-state index in [1.165, 1.54) is 0 Å². The van der Waals surface area contributed by atoms with Gasteiger partial charge in [0.15, 0.2) is 0 Å². The lowest BCUT2D eigenvalue weighted by Gasteiger charge is -2.26. The lowest BCUT2D eigenvalue weighted by atomic mass is 10.1. The second-order valence-corrected chi connectivity index (χ2v) is 7.04. The standard InChI is InChI=1S/C21H19ClN2O4/c1-3-27-14-6-4-13(5-7-14)23-21(26)15-11-24-10-12(2)28-17-9-8-16(22)18(19(17)24)20(15)25/h4-9,11-12H,3,10H2,1-2H3,(H,23,26)/t12-/m0/s1. The number of hydrogen-bond acceptors (Lipinski definition) is 4. The summed E-state index contributed by atoms with van der Waals surface area (Å²) in [5.41, 5.74) is 0.811. The molecule has 0 radical (unpaired) electrons. The summed E-state index contributed by atoms with van der Waals surface area (Å²) in [6, 6.07) is 10.4. The number of nitrogens with zero attached hydrogens (tertiary/aromatic N) is 1. The maximum Gasteiger partial charge on any atom is 0.261 e. The fraction of sp³-hybridized carbons (Fsp3) is 0.238. The van der Waals surface area contributed by atoms with Gasteiger partial charge >= 0.3 is 0 Å². The molecule has 0 bridgehead atoms. The number of hydrogen-bond donors (Lipinski definition) is 1. The quantitative estimate of drug-likeness (QED) is 0.718. The Balaban J connectivity index is 1.75. The SMILES string of the molecule is CCOc1ccc(NC(=O)c2cn3c4c(ccc(Cl)c4c2=O)O[C@@H](C)C3)cc1. The average molecular weight is 399 g/mol. The van der Waals surface area contributed by atoms with Gasteiger partial charge in [0.25, 0.3) is 5.91 Å². The minimum Gasteiger partial charge on any atom is -0.494 e. The molecular formula is C21H19ClN2O4. The zero-order valence-electron chi connectivity index (χ0n) is 15.5. The number of nitrogens with one attached hydrogen (secondary N) is 1. The highest BCUT2D eigenvalue weighted by Gasteiger charge is 2.24. The first-order valence-electron chi connectivity index (χ1n) is 9.04. The molecule has 1 amide bonds. The van der Waals surface area contributed by atoms with Crippen molar-refractivity contribution in [1.82, 2.24) is 4.57 Å². The number of benzene rings is 2. The van der Waals surface area contributed by atoms with E-state index in [9.17, 15) is 9.59 Å². The highest BCUT2D eigenvalue weighted by Crippen LogP contribution is 2.33. The van der Waals surface area contributed by atoms with Crippen LogP contribution in [0.2, 0.25) is 5.02 Å². The third kappa shape index (κ3) is 3.20. The van der Waals surface area contributed by atoms with Crippen molar-refractivity contribution in [1.29, 1.82) is 0 Å². The monoisotopic (exact) mass is 398 g/mol. The van der Waals surface area contributed by atoms with Crippen LogP contribution in [-0.4, -0.2) is 23.2 Å². The minimum absolute atomic E-state index is 0.0366. The van der Waals surface area contributed by atoms with Crippen molar-refractivity contribution in [2.45, 2.75) is 26.5 Å². The van der Waals surface area contributed by atoms with Gasteiger partial charge in [-0.15, -0.1) is 0 Å². The third-order valence-electron chi connectivity index (χ3n) is 4.58. The maximum atomic E-state index is 13.0. The van der Waals surface area contributed by atoms with Crippen molar-refractivity contribution < 1.29 is 14.3 Å². The van der Waals surface area contributed by atoms with Crippen molar-refractivity contribution in [3.8, 4) is 11.5 Å². The number of amides is 1. The van der Waals surface area contributed by atoms with Gasteiger partial charge in [0.1, 0.15) is 23.2 Å². The molecule has 3 aromatic rings. The van der Waals surface area contributed by atoms with E-state index < -0.39 is 11.3 Å². The summed E-state index contributed by atoms with van der Waals surface area (Å²) >= 11 is 6.29. The molecular weight excluding hydrogens is 380 g/mol. The van der Waals surface area contributed by atoms with E-state index >= 15 is 0 Å². The van der Waals surface area contributed by atoms with Gasteiger partial charge in [-0.05, 0) is 50.2 Å². The predicted molar refractivity (Wildman–Crippen MR) is 109 cm³/mol. The van der Waals surface area contributed by atoms with Gasteiger partial charge in [-0.3, -0.25) is 9.59 Å². The summed E-state index contributed by atoms with van der Waals surface area (Å²) in [4.78, 5) is 25.8. The lowest BCUT2D eigenvalue weighted by molar-refractivity contribution is 0.102. The van der Waals surface area contributed by atoms with Gasteiger partial charge in [-0.2, -0.15) is 0 Å². The molecule has 6 nitrogen and oxygen atoms in total. The highest BCUT2D eigenvalue weighted by atomic mass is 35.5. The van der Waals surface area contributed by atoms with Crippen molar-refractivity contribution in [3.63, 3.8) is 0 Å². The summed E-state index contributed by atoms with van der Waals surface area (Å²) in [5, 5.41) is 3.36. The Hall–Kier alpha value is -2.99. The zero-order valence-corrected chi connectivity index (χ0v) is 16.2. The van der Waals surface area contributed by atoms with Crippen LogP contribution in [0.4, 0.5) is 5.69 Å². The predicted octanol–water partition coefficient (Wildman–Crippen LogP) is 4.09. The second-order valence-electron chi connectivity index (χ2n) is 6.63. The zero-order chi connectivity index (χ0) is 19.8. The van der Waals surface area contributed by atoms with Crippen LogP contribution in [-0.2, 0) is 6.54 Å². The number of anilines is 1. The molecule has 1 aliphatic heterocycles. The van der Waals surface area contributed by atoms with Crippen LogP contribution in [0.3, 0.4) is 0 Å². The summed E-state index contributed by atoms with van der Waals surface area (Å²) < 4.78 is 13.1. The van der Waals surface area contributed by atoms with Crippen molar-refractivity contribution in [3.05, 3.63) is 63.4 Å². The van der Waals surface area contributed by atoms with Crippen LogP contribution in [0, 0.1) is 0 Å². The van der Waals surface area contributed by atoms with Gasteiger partial charge in [0.2, 0.25) is 5.43 Å². The van der Waals surface area contributed by atoms with E-state index in [2.05, 4.69) is 5.32 Å². The summed E-state index contributed by atoms with van der Waals surface area (Å²) in [7, 11) is 0. The normalized spacial score (nSPS) is 15.2. The van der Waals surface area contributed by atoms with Crippen molar-refractivity contribution in [2.24, 2.45) is 0 Å². The summed E-state index contributed by atoms with van der Waals surface area (Å²) in [6.07, 6.45) is 1.49. The molecule has 1 aromatic heterocycles. The van der Waals surface area contributed by atoms with Crippen molar-refractivity contribution >= 4 is 34.1 Å². The van der Waals surface area contributed by atoms with Crippen LogP contribution >= 0.6 is 11.6 Å². The molecule has 4 rings (SSSR count). The molecule has 144 valence electrons. The molecule has 2 aromatic carbocycles. The molecule has 0 unspecified atom stereocenters. The Morgan fingerprint density at radius 2 is 2.04 bits per heavy atom. The first kappa shape index (κ1) is 18.4. The smallest absolute Gasteiger partial charge is 0.261 e. The number of rotatable bonds is 4. The molecule has 0 aliphatic carbocycles. The van der Waals surface area contributed by atoms with Crippen LogP contribution in [0.15, 0.2) is 47.4 Å². The molecule has 0 saturated carbocycles. The van der Waals surface area contributed by atoms with E-state index in [1.807, 2.05) is 18.4 Å². The number of carbonyl (C=O) groups is 1. The Kier molecular flexibility index (Phi) is 4.73. The molecule has 1 N–H and O–H groups in total. The fourth-order valence-corrected chi connectivity index (χ4v) is 3.63. The number of pyridine rings is 1. The molecule has 0 spiro atoms. The van der Waals surface area contributed by atoms with Crippen molar-refractivity contribution in [2.75, 3.05) is 11.9 Å². The number of halogens is 1. The second kappa shape index (κ2) is 7.20. The Bertz CT molecular complexity index is 1120. The molecule has 1 atom stereocenters. The van der Waals surface area contributed by atoms with Crippen LogP contribution in [0.25, 0.3) is 10.9 Å². The van der Waals surface area contributed by atoms with Crippen LogP contribution in [0.1, 0.15) is 24.2 Å². The number of aromatic nitrogens is 1. The fourth-order valence-electron chi connectivity index (χ4n) is 3.39. The highest BCUT2D eigenvalue weighted by molar-refractivity contribution is 6.35. The van der Waals surface area contributed by atoms with E-state index in [1.54, 1.807) is 42.6 Å². The number of carbonyl (C=O) groups excluding carboxylic acids is 1. The van der Waals surface area contributed by atoms with Crippen LogP contribution < -0.4 is 20.2 Å². The van der Waals surface area contributed by atoms with E-state index in [0.29, 0.717) is 46.3 Å². The first-order valence-corrected chi connectivity index (χ1v) is 9.42. The lowest BCUT2D eigenvalue weighted by Crippen LogP contribution is -2.30. The van der Waals surface area contributed by atoms with E-state index in [-0.39, 0.29) is 11.7 Å². The Morgan fingerprint density at radius 1 is 1.29 bits per heavy atom. The Labute approximate surface area is 166 Å². The Morgan fingerprint density at radius 3 is 2.75 bits per heavy atom. The van der Waals surface area contributed by atoms with Crippen LogP contribution in [0.5, 0.6) is 11.5 Å². The molecule has 0 fully saturated rings. The van der Waals surface area contributed by atoms with Gasteiger partial charge < -0.3 is 19.4 Å². The van der Waals surface area contributed by atoms with Gasteiger partial charge in [0.05, 0.1) is 29.1 Å². The van der Waals surface area contributed by atoms with Gasteiger partial charge in [0, 0.05) is 11.9 Å². The van der Waals surface area contributed by atoms with E-state index in [0.717, 1.165) is 0 Å². The average Bonchev–Trinajstić information content (AvgIpc) is 2.67. The van der Waals surface area contributed by atoms with E-state index in [4.69, 9.17) is 21.1 Å². The molecule has 0 saturated heterocycles. The molecule has 28 heavy (non-hydrogen) atoms. The maximum absolute atomic E-state index is 13.0. The summed E-state index contributed by atoms with van der Waals surface area (Å²) in [5.74, 6) is 0.818. The topological polar surface area (TPSA) is 69.6 Å². The third-order valence-corrected chi connectivity index (χ3v) is 4.90. The van der Waals surface area contributed by atoms with Gasteiger partial charge in [-0.1, -0.05) is 11.6 Å². The minimum atomic E-state index is -0.486. The summed E-state index contributed by atoms with van der Waals surface area (Å²) in [6.45, 7) is 4.92.